The second-order valence-corrected chi connectivity index (χ2v) is 8.44. The molecule has 2 heterocycles. The zero-order chi connectivity index (χ0) is 21.0. The van der Waals surface area contributed by atoms with Crippen LogP contribution >= 0.6 is 0 Å². The van der Waals surface area contributed by atoms with Gasteiger partial charge in [0.15, 0.2) is 5.82 Å². The fourth-order valence-corrected chi connectivity index (χ4v) is 4.62. The third-order valence-electron chi connectivity index (χ3n) is 6.20. The molecule has 0 unspecified atom stereocenters. The Labute approximate surface area is 175 Å². The monoisotopic (exact) mass is 422 g/mol. The second kappa shape index (κ2) is 9.47. The minimum atomic E-state index is -4.35. The van der Waals surface area contributed by atoms with Crippen LogP contribution in [0.3, 0.4) is 0 Å². The summed E-state index contributed by atoms with van der Waals surface area (Å²) in [5.41, 5.74) is -0.133. The number of rotatable bonds is 5. The van der Waals surface area contributed by atoms with Gasteiger partial charge in [-0.3, -0.25) is 9.80 Å². The maximum absolute atomic E-state index is 12.9. The van der Waals surface area contributed by atoms with E-state index in [4.69, 9.17) is 4.52 Å². The predicted molar refractivity (Wildman–Crippen MR) is 107 cm³/mol. The first-order valence-electron chi connectivity index (χ1n) is 10.9. The molecule has 5 nitrogen and oxygen atoms in total. The van der Waals surface area contributed by atoms with Gasteiger partial charge in [0.05, 0.1) is 12.1 Å². The minimum Gasteiger partial charge on any atom is -0.338 e. The van der Waals surface area contributed by atoms with E-state index in [0.29, 0.717) is 23.8 Å². The van der Waals surface area contributed by atoms with Gasteiger partial charge in [-0.2, -0.15) is 18.2 Å². The molecule has 2 aromatic rings. The molecule has 2 aliphatic rings. The van der Waals surface area contributed by atoms with Crippen molar-refractivity contribution in [2.45, 2.75) is 63.7 Å². The van der Waals surface area contributed by atoms with E-state index in [2.05, 4.69) is 19.9 Å². The highest BCUT2D eigenvalue weighted by Gasteiger charge is 2.30. The lowest BCUT2D eigenvalue weighted by molar-refractivity contribution is -0.137. The summed E-state index contributed by atoms with van der Waals surface area (Å²) in [4.78, 5) is 9.40. The van der Waals surface area contributed by atoms with Gasteiger partial charge in [-0.25, -0.2) is 0 Å². The van der Waals surface area contributed by atoms with E-state index in [1.165, 1.54) is 38.2 Å². The van der Waals surface area contributed by atoms with E-state index >= 15 is 0 Å². The summed E-state index contributed by atoms with van der Waals surface area (Å²) in [6, 6.07) is 6.02. The summed E-state index contributed by atoms with van der Waals surface area (Å²) in [6.45, 7) is 4.77. The minimum absolute atomic E-state index is 0.225. The van der Waals surface area contributed by atoms with E-state index in [-0.39, 0.29) is 6.42 Å². The number of halogens is 3. The molecule has 30 heavy (non-hydrogen) atoms. The summed E-state index contributed by atoms with van der Waals surface area (Å²) < 4.78 is 44.1. The molecule has 1 aliphatic heterocycles. The highest BCUT2D eigenvalue weighted by atomic mass is 19.4. The smallest absolute Gasteiger partial charge is 0.338 e. The molecule has 2 fully saturated rings. The van der Waals surface area contributed by atoms with Crippen LogP contribution in [0.5, 0.6) is 0 Å². The van der Waals surface area contributed by atoms with E-state index < -0.39 is 11.7 Å². The summed E-state index contributed by atoms with van der Waals surface area (Å²) in [6.07, 6.45) is 3.71. The van der Waals surface area contributed by atoms with Crippen LogP contribution in [-0.4, -0.2) is 52.2 Å². The molecule has 4 rings (SSSR count). The van der Waals surface area contributed by atoms with Crippen LogP contribution in [0.2, 0.25) is 0 Å². The Morgan fingerprint density at radius 3 is 2.63 bits per heavy atom. The summed E-state index contributed by atoms with van der Waals surface area (Å²) >= 11 is 0. The number of nitrogens with zero attached hydrogens (tertiary/aromatic N) is 4. The Balaban J connectivity index is 1.31. The molecule has 0 amide bonds. The van der Waals surface area contributed by atoms with Crippen LogP contribution in [0, 0.1) is 0 Å². The average Bonchev–Trinajstić information content (AvgIpc) is 3.03. The molecule has 1 saturated carbocycles. The zero-order valence-corrected chi connectivity index (χ0v) is 17.2. The number of aromatic nitrogens is 2. The summed E-state index contributed by atoms with van der Waals surface area (Å²) in [7, 11) is 0. The molecule has 0 atom stereocenters. The molecule has 8 heteroatoms. The quantitative estimate of drug-likeness (QED) is 0.709. The number of alkyl halides is 3. The van der Waals surface area contributed by atoms with Gasteiger partial charge in [0, 0.05) is 25.6 Å². The van der Waals surface area contributed by atoms with Gasteiger partial charge in [0.1, 0.15) is 0 Å². The van der Waals surface area contributed by atoms with Crippen molar-refractivity contribution in [2.24, 2.45) is 0 Å². The van der Waals surface area contributed by atoms with Crippen molar-refractivity contribution in [1.29, 1.82) is 0 Å². The molecular formula is C22H29F3N4O. The Morgan fingerprint density at radius 2 is 1.83 bits per heavy atom. The third kappa shape index (κ3) is 5.60. The van der Waals surface area contributed by atoms with Crippen LogP contribution in [0.1, 0.15) is 61.4 Å². The molecule has 0 spiro atoms. The molecule has 1 aliphatic carbocycles. The van der Waals surface area contributed by atoms with E-state index in [1.54, 1.807) is 6.07 Å². The Bertz CT molecular complexity index is 817. The molecule has 1 aromatic carbocycles. The van der Waals surface area contributed by atoms with Crippen LogP contribution in [0.25, 0.3) is 0 Å². The molecule has 164 valence electrons. The Morgan fingerprint density at radius 1 is 1.00 bits per heavy atom. The normalized spacial score (nSPS) is 20.4. The number of hydrogen-bond acceptors (Lipinski definition) is 5. The average molecular weight is 422 g/mol. The number of hydrogen-bond donors (Lipinski definition) is 0. The van der Waals surface area contributed by atoms with E-state index in [1.807, 2.05) is 0 Å². The zero-order valence-electron chi connectivity index (χ0n) is 17.2. The maximum atomic E-state index is 12.9. The van der Waals surface area contributed by atoms with Crippen molar-refractivity contribution in [3.05, 3.63) is 47.1 Å². The summed E-state index contributed by atoms with van der Waals surface area (Å²) in [5.74, 6) is 0.950. The summed E-state index contributed by atoms with van der Waals surface area (Å²) in [5, 5.41) is 3.98. The molecule has 0 bridgehead atoms. The Kier molecular flexibility index (Phi) is 6.73. The first-order chi connectivity index (χ1) is 14.5. The van der Waals surface area contributed by atoms with Crippen molar-refractivity contribution in [3.63, 3.8) is 0 Å². The van der Waals surface area contributed by atoms with Crippen LogP contribution in [0.4, 0.5) is 13.2 Å². The molecule has 0 N–H and O–H groups in total. The largest absolute Gasteiger partial charge is 0.416 e. The molecule has 1 saturated heterocycles. The van der Waals surface area contributed by atoms with Gasteiger partial charge in [-0.05, 0) is 44.0 Å². The fourth-order valence-electron chi connectivity index (χ4n) is 4.62. The van der Waals surface area contributed by atoms with Gasteiger partial charge in [0.25, 0.3) is 0 Å². The van der Waals surface area contributed by atoms with E-state index in [0.717, 1.165) is 50.8 Å². The lowest BCUT2D eigenvalue weighted by Gasteiger charge is -2.33. The van der Waals surface area contributed by atoms with E-state index in [9.17, 15) is 13.2 Å². The standard InChI is InChI=1S/C22H29F3N4O/c23-22(24,25)18-7-4-6-17(14-18)15-20-26-21(30-27-20)16-28-10-5-11-29(13-12-28)19-8-2-1-3-9-19/h4,6-7,14,19H,1-3,5,8-13,15-16H2. The predicted octanol–water partition coefficient (Wildman–Crippen LogP) is 4.52. The topological polar surface area (TPSA) is 45.4 Å². The lowest BCUT2D eigenvalue weighted by Crippen LogP contribution is -2.39. The van der Waals surface area contributed by atoms with Crippen molar-refractivity contribution in [2.75, 3.05) is 26.2 Å². The fraction of sp³-hybridized carbons (Fsp3) is 0.636. The van der Waals surface area contributed by atoms with Crippen molar-refractivity contribution in [1.82, 2.24) is 19.9 Å². The Hall–Kier alpha value is -1.93. The van der Waals surface area contributed by atoms with Gasteiger partial charge in [-0.15, -0.1) is 0 Å². The van der Waals surface area contributed by atoms with Crippen molar-refractivity contribution < 1.29 is 17.7 Å². The van der Waals surface area contributed by atoms with Crippen LogP contribution < -0.4 is 0 Å². The van der Waals surface area contributed by atoms with Crippen molar-refractivity contribution >= 4 is 0 Å². The third-order valence-corrected chi connectivity index (χ3v) is 6.20. The van der Waals surface area contributed by atoms with Crippen LogP contribution in [-0.2, 0) is 19.1 Å². The van der Waals surface area contributed by atoms with Gasteiger partial charge in [0.2, 0.25) is 5.89 Å². The molecule has 0 radical (unpaired) electrons. The highest BCUT2D eigenvalue weighted by molar-refractivity contribution is 5.27. The number of benzene rings is 1. The molecule has 1 aromatic heterocycles. The first kappa shape index (κ1) is 21.3. The molecular weight excluding hydrogens is 393 g/mol. The highest BCUT2D eigenvalue weighted by Crippen LogP contribution is 2.30. The second-order valence-electron chi connectivity index (χ2n) is 8.44. The van der Waals surface area contributed by atoms with Crippen molar-refractivity contribution in [3.8, 4) is 0 Å². The van der Waals surface area contributed by atoms with Gasteiger partial charge >= 0.3 is 6.18 Å². The lowest BCUT2D eigenvalue weighted by atomic mass is 9.94. The van der Waals surface area contributed by atoms with Gasteiger partial charge in [-0.1, -0.05) is 42.6 Å². The van der Waals surface area contributed by atoms with Crippen LogP contribution in [0.15, 0.2) is 28.8 Å². The van der Waals surface area contributed by atoms with Gasteiger partial charge < -0.3 is 4.52 Å². The SMILES string of the molecule is FC(F)(F)c1cccc(Cc2noc(CN3CCCN(C4CCCCC4)CC3)n2)c1. The maximum Gasteiger partial charge on any atom is 0.416 e. The first-order valence-corrected chi connectivity index (χ1v) is 10.9.